The highest BCUT2D eigenvalue weighted by Crippen LogP contribution is 2.30. The van der Waals surface area contributed by atoms with E-state index in [0.717, 1.165) is 5.56 Å². The van der Waals surface area contributed by atoms with E-state index in [1.165, 1.54) is 11.6 Å². The van der Waals surface area contributed by atoms with E-state index in [0.29, 0.717) is 36.0 Å². The van der Waals surface area contributed by atoms with Gasteiger partial charge in [0.2, 0.25) is 0 Å². The van der Waals surface area contributed by atoms with Gasteiger partial charge >= 0.3 is 0 Å². The number of rotatable bonds is 8. The molecule has 1 N–H and O–H groups in total. The molecule has 0 fully saturated rings. The third-order valence-corrected chi connectivity index (χ3v) is 4.33. The number of aryl methyl sites for hydroxylation is 2. The van der Waals surface area contributed by atoms with E-state index in [9.17, 15) is 10.1 Å². The van der Waals surface area contributed by atoms with Gasteiger partial charge in [0.25, 0.3) is 5.91 Å². The van der Waals surface area contributed by atoms with Crippen molar-refractivity contribution >= 4 is 17.8 Å². The van der Waals surface area contributed by atoms with Crippen LogP contribution in [0.5, 0.6) is 11.5 Å². The van der Waals surface area contributed by atoms with Gasteiger partial charge in [-0.1, -0.05) is 41.1 Å². The van der Waals surface area contributed by atoms with Crippen molar-refractivity contribution < 1.29 is 18.8 Å². The van der Waals surface area contributed by atoms with Gasteiger partial charge < -0.3 is 19.3 Å². The summed E-state index contributed by atoms with van der Waals surface area (Å²) in [6, 6.07) is 16.8. The number of nitrogens with one attached hydrogen (secondary N) is 1. The molecule has 0 aliphatic carbocycles. The minimum atomic E-state index is -0.576. The van der Waals surface area contributed by atoms with Crippen LogP contribution in [0.1, 0.15) is 29.4 Å². The average molecular weight is 417 g/mol. The van der Waals surface area contributed by atoms with Gasteiger partial charge in [-0.25, -0.2) is 0 Å². The quantitative estimate of drug-likeness (QED) is 0.417. The van der Waals surface area contributed by atoms with Gasteiger partial charge in [0.05, 0.1) is 6.61 Å². The van der Waals surface area contributed by atoms with Crippen LogP contribution in [0, 0.1) is 25.2 Å². The summed E-state index contributed by atoms with van der Waals surface area (Å²) in [5.41, 5.74) is 2.79. The highest BCUT2D eigenvalue weighted by atomic mass is 16.5. The average Bonchev–Trinajstić information content (AvgIpc) is 3.17. The van der Waals surface area contributed by atoms with Crippen LogP contribution in [-0.2, 0) is 11.4 Å². The van der Waals surface area contributed by atoms with Gasteiger partial charge in [0, 0.05) is 6.07 Å². The first-order chi connectivity index (χ1) is 15.0. The molecule has 158 valence electrons. The molecule has 1 heterocycles. The zero-order valence-electron chi connectivity index (χ0n) is 17.6. The molecule has 0 saturated heterocycles. The Hall–Kier alpha value is -4.05. The molecule has 31 heavy (non-hydrogen) atoms. The minimum absolute atomic E-state index is 0.0728. The molecule has 3 rings (SSSR count). The summed E-state index contributed by atoms with van der Waals surface area (Å²) in [6.45, 7) is 6.47. The number of carbonyl (C=O) groups is 1. The zero-order valence-corrected chi connectivity index (χ0v) is 17.6. The molecule has 0 atom stereocenters. The summed E-state index contributed by atoms with van der Waals surface area (Å²) in [4.78, 5) is 12.4. The number of nitriles is 1. The van der Waals surface area contributed by atoms with Crippen LogP contribution < -0.4 is 14.8 Å². The second-order valence-electron chi connectivity index (χ2n) is 6.86. The molecule has 1 aromatic heterocycles. The molecule has 0 spiro atoms. The number of hydrogen-bond donors (Lipinski definition) is 1. The highest BCUT2D eigenvalue weighted by molar-refractivity contribution is 6.09. The predicted octanol–water partition coefficient (Wildman–Crippen LogP) is 4.81. The summed E-state index contributed by atoms with van der Waals surface area (Å²) in [5.74, 6) is 1.35. The fourth-order valence-corrected chi connectivity index (χ4v) is 2.77. The summed E-state index contributed by atoms with van der Waals surface area (Å²) < 4.78 is 16.5. The Balaban J connectivity index is 1.77. The van der Waals surface area contributed by atoms with Crippen LogP contribution in [-0.4, -0.2) is 17.7 Å². The molecule has 7 nitrogen and oxygen atoms in total. The van der Waals surface area contributed by atoms with Crippen molar-refractivity contribution in [3.8, 4) is 17.6 Å². The molecular weight excluding hydrogens is 394 g/mol. The van der Waals surface area contributed by atoms with Gasteiger partial charge in [0.15, 0.2) is 17.3 Å². The number of anilines is 1. The summed E-state index contributed by atoms with van der Waals surface area (Å²) >= 11 is 0. The lowest BCUT2D eigenvalue weighted by Crippen LogP contribution is -2.13. The van der Waals surface area contributed by atoms with Gasteiger partial charge in [-0.15, -0.1) is 0 Å². The van der Waals surface area contributed by atoms with E-state index < -0.39 is 5.91 Å². The molecule has 0 radical (unpaired) electrons. The van der Waals surface area contributed by atoms with Gasteiger partial charge in [0.1, 0.15) is 24.0 Å². The van der Waals surface area contributed by atoms with E-state index in [2.05, 4.69) is 10.5 Å². The molecule has 0 aliphatic rings. The lowest BCUT2D eigenvalue weighted by Gasteiger charge is -2.13. The number of benzene rings is 2. The second-order valence-corrected chi connectivity index (χ2v) is 6.86. The van der Waals surface area contributed by atoms with E-state index >= 15 is 0 Å². The van der Waals surface area contributed by atoms with Crippen molar-refractivity contribution in [2.75, 3.05) is 11.9 Å². The van der Waals surface area contributed by atoms with Crippen molar-refractivity contribution in [1.29, 1.82) is 5.26 Å². The molecule has 1 amide bonds. The number of aromatic nitrogens is 1. The lowest BCUT2D eigenvalue weighted by molar-refractivity contribution is -0.112. The molecule has 0 bridgehead atoms. The van der Waals surface area contributed by atoms with Crippen LogP contribution in [0.2, 0.25) is 0 Å². The highest BCUT2D eigenvalue weighted by Gasteiger charge is 2.13. The van der Waals surface area contributed by atoms with E-state index in [4.69, 9.17) is 14.0 Å². The first-order valence-corrected chi connectivity index (χ1v) is 9.80. The summed E-state index contributed by atoms with van der Waals surface area (Å²) in [7, 11) is 0. The maximum atomic E-state index is 12.4. The molecule has 0 aliphatic heterocycles. The monoisotopic (exact) mass is 417 g/mol. The van der Waals surface area contributed by atoms with E-state index in [1.807, 2.05) is 44.2 Å². The van der Waals surface area contributed by atoms with Crippen molar-refractivity contribution in [2.45, 2.75) is 27.4 Å². The fraction of sp³-hybridized carbons (Fsp3) is 0.208. The Kier molecular flexibility index (Phi) is 7.07. The summed E-state index contributed by atoms with van der Waals surface area (Å²) in [5, 5.41) is 15.7. The third-order valence-electron chi connectivity index (χ3n) is 4.33. The smallest absolute Gasteiger partial charge is 0.267 e. The van der Waals surface area contributed by atoms with Crippen LogP contribution in [0.15, 0.2) is 58.6 Å². The first-order valence-electron chi connectivity index (χ1n) is 9.80. The largest absolute Gasteiger partial charge is 0.490 e. The lowest BCUT2D eigenvalue weighted by atomic mass is 10.1. The Labute approximate surface area is 180 Å². The first kappa shape index (κ1) is 21.7. The normalized spacial score (nSPS) is 11.0. The zero-order chi connectivity index (χ0) is 22.2. The predicted molar refractivity (Wildman–Crippen MR) is 117 cm³/mol. The van der Waals surface area contributed by atoms with Crippen LogP contribution >= 0.6 is 0 Å². The van der Waals surface area contributed by atoms with E-state index in [1.54, 1.807) is 31.2 Å². The Morgan fingerprint density at radius 1 is 1.13 bits per heavy atom. The maximum Gasteiger partial charge on any atom is 0.267 e. The van der Waals surface area contributed by atoms with Gasteiger partial charge in [-0.05, 0) is 50.1 Å². The molecule has 3 aromatic rings. The number of nitrogens with zero attached hydrogens (tertiary/aromatic N) is 2. The van der Waals surface area contributed by atoms with Crippen LogP contribution in [0.4, 0.5) is 5.82 Å². The SMILES string of the molecule is CCOc1cc(C=C(C#N)C(=O)Nc2cc(C)on2)ccc1OCc1ccc(C)cc1. The van der Waals surface area contributed by atoms with Crippen molar-refractivity contribution in [3.63, 3.8) is 0 Å². The number of amides is 1. The molecule has 2 aromatic carbocycles. The van der Waals surface area contributed by atoms with Crippen LogP contribution in [0.3, 0.4) is 0 Å². The van der Waals surface area contributed by atoms with Gasteiger partial charge in [-0.3, -0.25) is 4.79 Å². The van der Waals surface area contributed by atoms with Crippen LogP contribution in [0.25, 0.3) is 6.08 Å². The molecule has 0 saturated carbocycles. The van der Waals surface area contributed by atoms with Crippen molar-refractivity contribution in [3.05, 3.63) is 76.6 Å². The summed E-state index contributed by atoms with van der Waals surface area (Å²) in [6.07, 6.45) is 1.48. The molecule has 7 heteroatoms. The topological polar surface area (TPSA) is 97.4 Å². The Bertz CT molecular complexity index is 1120. The molecule has 0 unspecified atom stereocenters. The fourth-order valence-electron chi connectivity index (χ4n) is 2.77. The van der Waals surface area contributed by atoms with Crippen molar-refractivity contribution in [1.82, 2.24) is 5.16 Å². The van der Waals surface area contributed by atoms with Crippen molar-refractivity contribution in [2.24, 2.45) is 0 Å². The van der Waals surface area contributed by atoms with E-state index in [-0.39, 0.29) is 11.4 Å². The Morgan fingerprint density at radius 3 is 2.55 bits per heavy atom. The standard InChI is InChI=1S/C24H23N3O4/c1-4-29-22-13-19(9-10-21(22)30-15-18-7-5-16(2)6-8-18)12-20(14-25)24(28)26-23-11-17(3)31-27-23/h5-13H,4,15H2,1-3H3,(H,26,27,28). The number of carbonyl (C=O) groups excluding carboxylic acids is 1. The second kappa shape index (κ2) is 10.1. The maximum absolute atomic E-state index is 12.4. The number of ether oxygens (including phenoxy) is 2. The number of hydrogen-bond acceptors (Lipinski definition) is 6. The minimum Gasteiger partial charge on any atom is -0.490 e. The third kappa shape index (κ3) is 5.97. The van der Waals surface area contributed by atoms with Gasteiger partial charge in [-0.2, -0.15) is 5.26 Å². The Morgan fingerprint density at radius 2 is 1.90 bits per heavy atom. The molecular formula is C24H23N3O4.